The van der Waals surface area contributed by atoms with Crippen molar-refractivity contribution in [2.24, 2.45) is 0 Å². The zero-order chi connectivity index (χ0) is 7.14. The third kappa shape index (κ3) is 0.865. The van der Waals surface area contributed by atoms with Gasteiger partial charge in [0.05, 0.1) is 6.10 Å². The van der Waals surface area contributed by atoms with E-state index in [9.17, 15) is 8.42 Å². The van der Waals surface area contributed by atoms with Crippen LogP contribution >= 0.6 is 0 Å². The molecule has 0 amide bonds. The summed E-state index contributed by atoms with van der Waals surface area (Å²) in [5.74, 6) is 0. The molecule has 0 spiro atoms. The maximum atomic E-state index is 10.4. The summed E-state index contributed by atoms with van der Waals surface area (Å²) in [4.78, 5) is 0.330. The van der Waals surface area contributed by atoms with Crippen molar-refractivity contribution in [3.63, 3.8) is 0 Å². The smallest absolute Gasteiger partial charge is 0.231 e. The molecule has 2 aliphatic heterocycles. The summed E-state index contributed by atoms with van der Waals surface area (Å²) in [6.07, 6.45) is 0.951. The fourth-order valence-corrected chi connectivity index (χ4v) is 1.80. The van der Waals surface area contributed by atoms with Crippen LogP contribution in [0.2, 0.25) is 0 Å². The standard InChI is InChI=1S/C5H7NO3S/c7-10(8)5-4-3(9-4)1-2-6-5/h3-4,6H,1-2H2. The molecule has 2 unspecified atom stereocenters. The maximum absolute atomic E-state index is 10.4. The van der Waals surface area contributed by atoms with Crippen molar-refractivity contribution in [1.82, 2.24) is 5.32 Å². The van der Waals surface area contributed by atoms with Crippen LogP contribution in [-0.2, 0) is 15.0 Å². The van der Waals surface area contributed by atoms with Crippen molar-refractivity contribution in [3.05, 3.63) is 0 Å². The van der Waals surface area contributed by atoms with Crippen LogP contribution in [0.5, 0.6) is 0 Å². The Labute approximate surface area is 59.7 Å². The minimum Gasteiger partial charge on any atom is -0.362 e. The Hall–Kier alpha value is -0.390. The second-order valence-corrected chi connectivity index (χ2v) is 3.32. The zero-order valence-corrected chi connectivity index (χ0v) is 6.02. The van der Waals surface area contributed by atoms with E-state index in [1.807, 2.05) is 0 Å². The fourth-order valence-electron chi connectivity index (χ4n) is 1.18. The van der Waals surface area contributed by atoms with Gasteiger partial charge in [-0.25, -0.2) is 0 Å². The lowest BCUT2D eigenvalue weighted by molar-refractivity contribution is 0.392. The third-order valence-electron chi connectivity index (χ3n) is 1.75. The molecular formula is C5H7NO3S. The average molecular weight is 161 g/mol. The first-order valence-corrected chi connectivity index (χ1v) is 4.22. The molecule has 0 radical (unpaired) electrons. The van der Waals surface area contributed by atoms with E-state index in [0.29, 0.717) is 11.5 Å². The van der Waals surface area contributed by atoms with E-state index in [-0.39, 0.29) is 12.2 Å². The fraction of sp³-hybridized carbons (Fsp3) is 0.800. The molecular weight excluding hydrogens is 154 g/mol. The molecule has 0 aromatic heterocycles. The molecule has 5 heteroatoms. The van der Waals surface area contributed by atoms with Crippen molar-refractivity contribution in [2.75, 3.05) is 6.54 Å². The summed E-state index contributed by atoms with van der Waals surface area (Å²) in [6.45, 7) is 0.713. The summed E-state index contributed by atoms with van der Waals surface area (Å²) >= 11 is 0. The predicted molar refractivity (Wildman–Crippen MR) is 35.2 cm³/mol. The van der Waals surface area contributed by atoms with Crippen molar-refractivity contribution in [1.29, 1.82) is 0 Å². The number of rotatable bonds is 0. The predicted octanol–water partition coefficient (Wildman–Crippen LogP) is -1.24. The molecule has 0 saturated carbocycles. The monoisotopic (exact) mass is 161 g/mol. The molecule has 0 aromatic rings. The molecule has 2 heterocycles. The van der Waals surface area contributed by atoms with Crippen LogP contribution in [0.15, 0.2) is 0 Å². The number of epoxide rings is 1. The first kappa shape index (κ1) is 6.33. The Bertz CT molecular complexity index is 273. The Balaban J connectivity index is 2.32. The summed E-state index contributed by atoms with van der Waals surface area (Å²) < 4.78 is 25.9. The van der Waals surface area contributed by atoms with E-state index in [2.05, 4.69) is 5.32 Å². The van der Waals surface area contributed by atoms with Gasteiger partial charge in [-0.1, -0.05) is 0 Å². The second kappa shape index (κ2) is 2.05. The highest BCUT2D eigenvalue weighted by atomic mass is 32.2. The van der Waals surface area contributed by atoms with E-state index in [0.717, 1.165) is 6.42 Å². The van der Waals surface area contributed by atoms with Crippen LogP contribution < -0.4 is 5.32 Å². The van der Waals surface area contributed by atoms with Gasteiger partial charge in [-0.15, -0.1) is 0 Å². The summed E-state index contributed by atoms with van der Waals surface area (Å²) in [5, 5.41) is 2.79. The molecule has 4 nitrogen and oxygen atoms in total. The Morgan fingerprint density at radius 2 is 2.40 bits per heavy atom. The largest absolute Gasteiger partial charge is 0.362 e. The van der Waals surface area contributed by atoms with E-state index in [1.54, 1.807) is 0 Å². The van der Waals surface area contributed by atoms with Crippen LogP contribution in [0.1, 0.15) is 6.42 Å². The number of piperidine rings is 1. The molecule has 0 aliphatic carbocycles. The number of fused-ring (bicyclic) bond motifs is 1. The quantitative estimate of drug-likeness (QED) is 0.356. The van der Waals surface area contributed by atoms with Crippen molar-refractivity contribution >= 4 is 15.3 Å². The van der Waals surface area contributed by atoms with Gasteiger partial charge in [0.15, 0.2) is 0 Å². The van der Waals surface area contributed by atoms with Crippen LogP contribution in [-0.4, -0.2) is 32.2 Å². The van der Waals surface area contributed by atoms with Crippen LogP contribution in [0.25, 0.3) is 0 Å². The number of nitrogens with one attached hydrogen (secondary N) is 1. The van der Waals surface area contributed by atoms with Crippen LogP contribution in [0.3, 0.4) is 0 Å². The minimum atomic E-state index is -2.11. The van der Waals surface area contributed by atoms with Gasteiger partial charge in [0.2, 0.25) is 10.3 Å². The maximum Gasteiger partial charge on any atom is 0.231 e. The van der Waals surface area contributed by atoms with Crippen LogP contribution in [0, 0.1) is 0 Å². The molecule has 2 fully saturated rings. The number of ether oxygens (including phenoxy) is 1. The Kier molecular flexibility index (Phi) is 1.29. The van der Waals surface area contributed by atoms with Crippen molar-refractivity contribution in [2.45, 2.75) is 18.6 Å². The molecule has 2 atom stereocenters. The van der Waals surface area contributed by atoms with Gasteiger partial charge in [-0.2, -0.15) is 8.42 Å². The van der Waals surface area contributed by atoms with Gasteiger partial charge in [0.1, 0.15) is 11.1 Å². The molecule has 56 valence electrons. The van der Waals surface area contributed by atoms with Gasteiger partial charge in [0, 0.05) is 6.54 Å². The highest BCUT2D eigenvalue weighted by Crippen LogP contribution is 2.27. The third-order valence-corrected chi connectivity index (χ3v) is 2.48. The van der Waals surface area contributed by atoms with E-state index in [1.165, 1.54) is 0 Å². The van der Waals surface area contributed by atoms with E-state index in [4.69, 9.17) is 4.74 Å². The summed E-state index contributed by atoms with van der Waals surface area (Å²) in [5.41, 5.74) is 0. The van der Waals surface area contributed by atoms with Gasteiger partial charge >= 0.3 is 0 Å². The van der Waals surface area contributed by atoms with Crippen molar-refractivity contribution in [3.8, 4) is 0 Å². The number of hydrogen-bond acceptors (Lipinski definition) is 3. The molecule has 2 aliphatic rings. The number of hydrogen-bond donors (Lipinski definition) is 1. The first-order chi connectivity index (χ1) is 4.79. The Morgan fingerprint density at radius 1 is 1.60 bits per heavy atom. The van der Waals surface area contributed by atoms with Crippen molar-refractivity contribution < 1.29 is 13.2 Å². The normalized spacial score (nSPS) is 37.0. The topological polar surface area (TPSA) is 58.7 Å². The average Bonchev–Trinajstić information content (AvgIpc) is 2.63. The SMILES string of the molecule is O=S(=O)=C1NCCC2OC12. The van der Waals surface area contributed by atoms with E-state index < -0.39 is 10.3 Å². The minimum absolute atomic E-state index is 0.146. The lowest BCUT2D eigenvalue weighted by Crippen LogP contribution is -2.35. The van der Waals surface area contributed by atoms with Gasteiger partial charge in [-0.3, -0.25) is 5.32 Å². The van der Waals surface area contributed by atoms with Gasteiger partial charge < -0.3 is 4.74 Å². The lowest BCUT2D eigenvalue weighted by Gasteiger charge is -2.05. The highest BCUT2D eigenvalue weighted by Gasteiger charge is 2.46. The zero-order valence-electron chi connectivity index (χ0n) is 5.20. The molecule has 1 N–H and O–H groups in total. The highest BCUT2D eigenvalue weighted by molar-refractivity contribution is 7.73. The first-order valence-electron chi connectivity index (χ1n) is 3.14. The molecule has 2 saturated heterocycles. The van der Waals surface area contributed by atoms with Gasteiger partial charge in [0.25, 0.3) is 0 Å². The lowest BCUT2D eigenvalue weighted by atomic mass is 10.2. The molecule has 2 rings (SSSR count). The van der Waals surface area contributed by atoms with E-state index >= 15 is 0 Å². The molecule has 0 bridgehead atoms. The van der Waals surface area contributed by atoms with Gasteiger partial charge in [-0.05, 0) is 6.42 Å². The summed E-state index contributed by atoms with van der Waals surface area (Å²) in [6, 6.07) is 0. The van der Waals surface area contributed by atoms with Crippen LogP contribution in [0.4, 0.5) is 0 Å². The molecule has 0 aromatic carbocycles. The Morgan fingerprint density at radius 3 is 3.00 bits per heavy atom. The molecule has 10 heavy (non-hydrogen) atoms. The summed E-state index contributed by atoms with van der Waals surface area (Å²) in [7, 11) is -2.11. The second-order valence-electron chi connectivity index (χ2n) is 2.41.